The van der Waals surface area contributed by atoms with E-state index >= 15 is 0 Å². The van der Waals surface area contributed by atoms with E-state index in [9.17, 15) is 4.79 Å². The maximum absolute atomic E-state index is 13.4. The van der Waals surface area contributed by atoms with Crippen molar-refractivity contribution in [2.45, 2.75) is 64.0 Å². The second-order valence-corrected chi connectivity index (χ2v) is 9.19. The van der Waals surface area contributed by atoms with Gasteiger partial charge in [-0.3, -0.25) is 9.69 Å². The number of para-hydroxylation sites is 1. The first-order valence-electron chi connectivity index (χ1n) is 12.0. The molecule has 3 heterocycles. The highest BCUT2D eigenvalue weighted by atomic mass is 16.2. The quantitative estimate of drug-likeness (QED) is 0.616. The first kappa shape index (κ1) is 21.1. The zero-order valence-corrected chi connectivity index (χ0v) is 19.1. The lowest BCUT2D eigenvalue weighted by molar-refractivity contribution is -0.130. The Hall–Kier alpha value is -2.74. The summed E-state index contributed by atoms with van der Waals surface area (Å²) in [5, 5.41) is 14.2. The van der Waals surface area contributed by atoms with Gasteiger partial charge in [0.1, 0.15) is 5.54 Å². The first-order valence-corrected chi connectivity index (χ1v) is 12.0. The minimum Gasteiger partial charge on any atom is -0.361 e. The monoisotopic (exact) mass is 435 g/mol. The van der Waals surface area contributed by atoms with Crippen molar-refractivity contribution in [3.05, 3.63) is 41.9 Å². The lowest BCUT2D eigenvalue weighted by Gasteiger charge is -2.39. The second-order valence-electron chi connectivity index (χ2n) is 9.19. The van der Waals surface area contributed by atoms with Crippen LogP contribution < -0.4 is 0 Å². The molecule has 3 aromatic rings. The molecule has 2 aromatic heterocycles. The fourth-order valence-corrected chi connectivity index (χ4v) is 5.86. The number of nitrogens with one attached hydrogen (secondary N) is 1. The van der Waals surface area contributed by atoms with Crippen LogP contribution in [-0.2, 0) is 16.8 Å². The van der Waals surface area contributed by atoms with Crippen molar-refractivity contribution < 1.29 is 4.79 Å². The summed E-state index contributed by atoms with van der Waals surface area (Å²) in [5.41, 5.74) is 1.80. The Bertz CT molecular complexity index is 1080. The first-order chi connectivity index (χ1) is 15.7. The molecule has 1 aromatic carbocycles. The third-order valence-corrected chi connectivity index (χ3v) is 7.57. The summed E-state index contributed by atoms with van der Waals surface area (Å²) in [6.07, 6.45) is 7.98. The number of aromatic nitrogens is 5. The number of hydrogen-bond donors (Lipinski definition) is 1. The summed E-state index contributed by atoms with van der Waals surface area (Å²) < 4.78 is 2.08. The van der Waals surface area contributed by atoms with Gasteiger partial charge in [-0.25, -0.2) is 4.68 Å². The molecule has 2 aliphatic rings. The number of tetrazole rings is 1. The van der Waals surface area contributed by atoms with E-state index in [2.05, 4.69) is 50.0 Å². The van der Waals surface area contributed by atoms with Gasteiger partial charge in [0, 0.05) is 30.2 Å². The number of rotatable bonds is 7. The van der Waals surface area contributed by atoms with E-state index in [0.29, 0.717) is 19.0 Å². The molecule has 0 spiro atoms. The van der Waals surface area contributed by atoms with Gasteiger partial charge >= 0.3 is 0 Å². The molecule has 0 radical (unpaired) electrons. The van der Waals surface area contributed by atoms with Crippen LogP contribution in [-0.4, -0.2) is 67.1 Å². The van der Waals surface area contributed by atoms with Crippen LogP contribution in [0, 0.1) is 0 Å². The number of amides is 1. The smallest absolute Gasteiger partial charge is 0.227 e. The van der Waals surface area contributed by atoms with Crippen molar-refractivity contribution in [3.63, 3.8) is 0 Å². The van der Waals surface area contributed by atoms with Crippen LogP contribution in [0.4, 0.5) is 0 Å². The summed E-state index contributed by atoms with van der Waals surface area (Å²) in [5.74, 6) is 1.11. The highest BCUT2D eigenvalue weighted by molar-refractivity contribution is 5.89. The highest BCUT2D eigenvalue weighted by Gasteiger charge is 2.49. The molecule has 0 bridgehead atoms. The Morgan fingerprint density at radius 1 is 1.22 bits per heavy atom. The summed E-state index contributed by atoms with van der Waals surface area (Å²) >= 11 is 0. The lowest BCUT2D eigenvalue weighted by atomic mass is 9.94. The number of fused-ring (bicyclic) bond motifs is 1. The van der Waals surface area contributed by atoms with Gasteiger partial charge in [0.25, 0.3) is 0 Å². The fraction of sp³-hybridized carbons (Fsp3) is 0.583. The zero-order valence-electron chi connectivity index (χ0n) is 19.1. The SMILES string of the molecule is CCN(CC)C1(c2nnnn2C2CCCC2)CCN(C(=O)Cc2c[nH]c3ccccc23)C1. The van der Waals surface area contributed by atoms with Crippen molar-refractivity contribution in [1.29, 1.82) is 0 Å². The molecule has 1 saturated heterocycles. The predicted molar refractivity (Wildman–Crippen MR) is 123 cm³/mol. The average molecular weight is 436 g/mol. The van der Waals surface area contributed by atoms with Crippen molar-refractivity contribution in [3.8, 4) is 0 Å². The Kier molecular flexibility index (Phi) is 5.71. The molecule has 5 rings (SSSR count). The van der Waals surface area contributed by atoms with E-state index in [0.717, 1.165) is 61.2 Å². The van der Waals surface area contributed by atoms with Gasteiger partial charge in [0.15, 0.2) is 5.82 Å². The molecule has 1 unspecified atom stereocenters. The molecule has 1 aliphatic carbocycles. The number of likely N-dealkylation sites (N-methyl/N-ethyl adjacent to an activating group) is 1. The van der Waals surface area contributed by atoms with Gasteiger partial charge < -0.3 is 9.88 Å². The van der Waals surface area contributed by atoms with Crippen molar-refractivity contribution >= 4 is 16.8 Å². The van der Waals surface area contributed by atoms with Crippen LogP contribution >= 0.6 is 0 Å². The minimum absolute atomic E-state index is 0.170. The van der Waals surface area contributed by atoms with E-state index in [1.54, 1.807) is 0 Å². The lowest BCUT2D eigenvalue weighted by Crippen LogP contribution is -2.50. The van der Waals surface area contributed by atoms with Gasteiger partial charge in [-0.15, -0.1) is 5.10 Å². The number of hydrogen-bond acceptors (Lipinski definition) is 5. The number of aromatic amines is 1. The maximum atomic E-state index is 13.4. The summed E-state index contributed by atoms with van der Waals surface area (Å²) in [6, 6.07) is 8.54. The molecule has 8 nitrogen and oxygen atoms in total. The third kappa shape index (κ3) is 3.50. The predicted octanol–water partition coefficient (Wildman–Crippen LogP) is 3.28. The molecule has 1 N–H and O–H groups in total. The Morgan fingerprint density at radius 2 is 2.00 bits per heavy atom. The maximum Gasteiger partial charge on any atom is 0.227 e. The van der Waals surface area contributed by atoms with E-state index < -0.39 is 0 Å². The van der Waals surface area contributed by atoms with Crippen molar-refractivity contribution in [2.75, 3.05) is 26.2 Å². The van der Waals surface area contributed by atoms with Gasteiger partial charge in [-0.1, -0.05) is 44.9 Å². The topological polar surface area (TPSA) is 82.9 Å². The molecule has 170 valence electrons. The number of carbonyl (C=O) groups is 1. The number of benzene rings is 1. The standard InChI is InChI=1S/C24H33N7O/c1-3-30(4-2)24(23-26-27-28-31(23)19-9-5-6-10-19)13-14-29(17-24)22(32)15-18-16-25-21-12-8-7-11-20(18)21/h7-8,11-12,16,19,25H,3-6,9-10,13-15,17H2,1-2H3. The summed E-state index contributed by atoms with van der Waals surface area (Å²) in [4.78, 5) is 21.1. The van der Waals surface area contributed by atoms with E-state index in [1.807, 2.05) is 29.3 Å². The van der Waals surface area contributed by atoms with Gasteiger partial charge in [0.2, 0.25) is 5.91 Å². The fourth-order valence-electron chi connectivity index (χ4n) is 5.86. The van der Waals surface area contributed by atoms with E-state index in [4.69, 9.17) is 0 Å². The van der Waals surface area contributed by atoms with Crippen LogP contribution in [0.2, 0.25) is 0 Å². The largest absolute Gasteiger partial charge is 0.361 e. The second kappa shape index (κ2) is 8.65. The Morgan fingerprint density at radius 3 is 2.78 bits per heavy atom. The van der Waals surface area contributed by atoms with E-state index in [1.165, 1.54) is 12.8 Å². The number of likely N-dealkylation sites (tertiary alicyclic amines) is 1. The van der Waals surface area contributed by atoms with Crippen LogP contribution in [0.1, 0.15) is 63.4 Å². The van der Waals surface area contributed by atoms with Crippen molar-refractivity contribution in [1.82, 2.24) is 35.0 Å². The molecule has 1 saturated carbocycles. The number of carbonyl (C=O) groups excluding carboxylic acids is 1. The number of nitrogens with zero attached hydrogens (tertiary/aromatic N) is 6. The summed E-state index contributed by atoms with van der Waals surface area (Å²) in [7, 11) is 0. The zero-order chi connectivity index (χ0) is 22.1. The molecule has 2 fully saturated rings. The molecule has 32 heavy (non-hydrogen) atoms. The molecule has 8 heteroatoms. The van der Waals surface area contributed by atoms with Gasteiger partial charge in [0.05, 0.1) is 12.5 Å². The minimum atomic E-state index is -0.328. The Balaban J connectivity index is 1.42. The molecule has 1 amide bonds. The molecule has 1 atom stereocenters. The molecule has 1 aliphatic heterocycles. The average Bonchev–Trinajstić information content (AvgIpc) is 3.60. The van der Waals surface area contributed by atoms with Crippen LogP contribution in [0.25, 0.3) is 10.9 Å². The van der Waals surface area contributed by atoms with E-state index in [-0.39, 0.29) is 11.4 Å². The number of H-pyrrole nitrogens is 1. The van der Waals surface area contributed by atoms with Gasteiger partial charge in [-0.2, -0.15) is 0 Å². The van der Waals surface area contributed by atoms with Crippen LogP contribution in [0.15, 0.2) is 30.5 Å². The molecular weight excluding hydrogens is 402 g/mol. The van der Waals surface area contributed by atoms with Crippen LogP contribution in [0.3, 0.4) is 0 Å². The molecular formula is C24H33N7O. The highest BCUT2D eigenvalue weighted by Crippen LogP contribution is 2.40. The Labute approximate surface area is 189 Å². The normalized spacial score (nSPS) is 21.9. The van der Waals surface area contributed by atoms with Crippen LogP contribution in [0.5, 0.6) is 0 Å². The van der Waals surface area contributed by atoms with Gasteiger partial charge in [-0.05, 0) is 54.4 Å². The van der Waals surface area contributed by atoms with Crippen molar-refractivity contribution in [2.24, 2.45) is 0 Å². The summed E-state index contributed by atoms with van der Waals surface area (Å²) in [6.45, 7) is 7.55. The third-order valence-electron chi connectivity index (χ3n) is 7.57.